The van der Waals surface area contributed by atoms with Crippen molar-refractivity contribution in [3.63, 3.8) is 0 Å². The van der Waals surface area contributed by atoms with E-state index in [1.807, 2.05) is 59.5 Å². The Balaban J connectivity index is 1.44. The molecule has 2 aliphatic heterocycles. The number of pyridine rings is 1. The van der Waals surface area contributed by atoms with E-state index in [0.29, 0.717) is 30.6 Å². The Morgan fingerprint density at radius 2 is 1.82 bits per heavy atom. The second-order valence-electron chi connectivity index (χ2n) is 8.63. The number of para-hydroxylation sites is 1. The number of ketones is 1. The molecule has 1 unspecified atom stereocenters. The summed E-state index contributed by atoms with van der Waals surface area (Å²) >= 11 is 0. The van der Waals surface area contributed by atoms with E-state index in [9.17, 15) is 9.59 Å². The number of nitrogens with zero attached hydrogens (tertiary/aromatic N) is 5. The van der Waals surface area contributed by atoms with E-state index >= 15 is 0 Å². The fraction of sp³-hybridized carbons (Fsp3) is 0.231. The van der Waals surface area contributed by atoms with Crippen LogP contribution in [0.1, 0.15) is 37.3 Å². The van der Waals surface area contributed by atoms with Crippen LogP contribution in [0.15, 0.2) is 78.0 Å². The molecule has 1 aromatic heterocycles. The Hall–Kier alpha value is -4.00. The van der Waals surface area contributed by atoms with Crippen molar-refractivity contribution in [3.05, 3.63) is 89.1 Å². The van der Waals surface area contributed by atoms with Crippen molar-refractivity contribution >= 4 is 16.7 Å². The molecule has 164 valence electrons. The number of carbonyl (C=O) groups excluding carboxylic acids is 1. The third kappa shape index (κ3) is 3.36. The maximum absolute atomic E-state index is 13.3. The van der Waals surface area contributed by atoms with Gasteiger partial charge in [-0.25, -0.2) is 9.36 Å². The number of fused-ring (bicyclic) bond motifs is 3. The van der Waals surface area contributed by atoms with Crippen molar-refractivity contribution in [1.29, 1.82) is 0 Å². The van der Waals surface area contributed by atoms with Crippen molar-refractivity contribution in [3.8, 4) is 16.9 Å². The minimum absolute atomic E-state index is 0.112. The average Bonchev–Trinajstić information content (AvgIpc) is 3.49. The van der Waals surface area contributed by atoms with E-state index in [0.717, 1.165) is 35.0 Å². The van der Waals surface area contributed by atoms with Crippen LogP contribution in [0.4, 0.5) is 0 Å². The summed E-state index contributed by atoms with van der Waals surface area (Å²) in [5.41, 5.74) is 4.15. The molecule has 2 aromatic carbocycles. The number of hydrogen-bond acceptors (Lipinski definition) is 4. The summed E-state index contributed by atoms with van der Waals surface area (Å²) in [6, 6.07) is 17.7. The largest absolute Gasteiger partial charge is 0.342 e. The van der Waals surface area contributed by atoms with Crippen molar-refractivity contribution in [2.24, 2.45) is 0 Å². The molecule has 0 bridgehead atoms. The monoisotopic (exact) mass is 437 g/mol. The first-order valence-corrected chi connectivity index (χ1v) is 11.3. The van der Waals surface area contributed by atoms with Gasteiger partial charge in [0.1, 0.15) is 11.7 Å². The zero-order valence-electron chi connectivity index (χ0n) is 18.1. The molecule has 1 aliphatic carbocycles. The first kappa shape index (κ1) is 19.7. The zero-order valence-corrected chi connectivity index (χ0v) is 18.1. The molecule has 3 heterocycles. The zero-order chi connectivity index (χ0) is 22.4. The first-order chi connectivity index (χ1) is 16.2. The normalized spacial score (nSPS) is 16.6. The molecule has 6 rings (SSSR count). The maximum Gasteiger partial charge on any atom is 0.278 e. The van der Waals surface area contributed by atoms with Gasteiger partial charge in [0, 0.05) is 36.9 Å². The van der Waals surface area contributed by atoms with Gasteiger partial charge in [-0.3, -0.25) is 9.59 Å². The molecule has 0 radical (unpaired) electrons. The van der Waals surface area contributed by atoms with Crippen LogP contribution in [0.2, 0.25) is 0 Å². The average molecular weight is 438 g/mol. The number of benzene rings is 2. The lowest BCUT2D eigenvalue weighted by Crippen LogP contribution is -2.30. The standard InChI is InChI=1S/C26H23N5O2/c32-24-9-4-3-8-23(24)31-26(33)21-17-29(22-7-2-1-6-20(22)25(21)28-31)16-18-10-12-19(13-11-18)30-15-5-14-27-30/h1-2,5-7,10-15,17,23H,3-4,8-9,16H2. The van der Waals surface area contributed by atoms with Gasteiger partial charge in [0.15, 0.2) is 5.78 Å². The Bertz CT molecular complexity index is 1480. The van der Waals surface area contributed by atoms with Gasteiger partial charge in [-0.05, 0) is 42.7 Å². The Morgan fingerprint density at radius 1 is 0.970 bits per heavy atom. The van der Waals surface area contributed by atoms with Crippen LogP contribution in [-0.2, 0) is 11.3 Å². The molecular formula is C26H23N5O2. The van der Waals surface area contributed by atoms with Gasteiger partial charge in [0.05, 0.1) is 16.8 Å². The van der Waals surface area contributed by atoms with Gasteiger partial charge in [0.2, 0.25) is 0 Å². The topological polar surface area (TPSA) is 74.7 Å². The third-order valence-electron chi connectivity index (χ3n) is 6.53. The highest BCUT2D eigenvalue weighted by Gasteiger charge is 2.29. The molecule has 3 aromatic rings. The van der Waals surface area contributed by atoms with Gasteiger partial charge < -0.3 is 4.57 Å². The molecular weight excluding hydrogens is 414 g/mol. The fourth-order valence-corrected chi connectivity index (χ4v) is 4.83. The summed E-state index contributed by atoms with van der Waals surface area (Å²) in [5.74, 6) is 0.112. The summed E-state index contributed by atoms with van der Waals surface area (Å²) in [4.78, 5) is 25.8. The molecule has 3 aliphatic rings. The lowest BCUT2D eigenvalue weighted by atomic mass is 9.94. The van der Waals surface area contributed by atoms with Gasteiger partial charge >= 0.3 is 0 Å². The molecule has 0 N–H and O–H groups in total. The van der Waals surface area contributed by atoms with Crippen LogP contribution >= 0.6 is 0 Å². The lowest BCUT2D eigenvalue weighted by molar-refractivity contribution is -0.124. The minimum Gasteiger partial charge on any atom is -0.342 e. The highest BCUT2D eigenvalue weighted by molar-refractivity contribution is 5.94. The molecule has 7 nitrogen and oxygen atoms in total. The minimum atomic E-state index is -0.444. The van der Waals surface area contributed by atoms with Gasteiger partial charge in [-0.2, -0.15) is 10.2 Å². The van der Waals surface area contributed by atoms with Crippen molar-refractivity contribution < 1.29 is 4.79 Å². The van der Waals surface area contributed by atoms with Crippen LogP contribution in [0, 0.1) is 0 Å². The quantitative estimate of drug-likeness (QED) is 0.422. The van der Waals surface area contributed by atoms with Crippen molar-refractivity contribution in [2.75, 3.05) is 0 Å². The van der Waals surface area contributed by atoms with E-state index < -0.39 is 6.04 Å². The molecule has 1 fully saturated rings. The lowest BCUT2D eigenvalue weighted by Gasteiger charge is -2.19. The predicted molar refractivity (Wildman–Crippen MR) is 126 cm³/mol. The molecule has 33 heavy (non-hydrogen) atoms. The Labute approximate surface area is 190 Å². The first-order valence-electron chi connectivity index (χ1n) is 11.3. The van der Waals surface area contributed by atoms with Crippen molar-refractivity contribution in [1.82, 2.24) is 24.1 Å². The summed E-state index contributed by atoms with van der Waals surface area (Å²) in [7, 11) is 0. The molecule has 7 heteroatoms. The molecule has 0 amide bonds. The molecule has 0 saturated heterocycles. The molecule has 1 saturated carbocycles. The van der Waals surface area contributed by atoms with E-state index in [1.54, 1.807) is 6.20 Å². The van der Waals surface area contributed by atoms with Crippen LogP contribution in [0.25, 0.3) is 27.8 Å². The SMILES string of the molecule is O=C1CCCCC1n1nc2c3ccccc3n(Cc3ccc(-n4cccn4)cc3)cc-2c1=O. The maximum atomic E-state index is 13.3. The van der Waals surface area contributed by atoms with E-state index in [-0.39, 0.29) is 11.3 Å². The summed E-state index contributed by atoms with van der Waals surface area (Å²) in [5, 5.41) is 9.86. The smallest absolute Gasteiger partial charge is 0.278 e. The van der Waals surface area contributed by atoms with Gasteiger partial charge in [-0.1, -0.05) is 36.8 Å². The summed E-state index contributed by atoms with van der Waals surface area (Å²) in [6.07, 6.45) is 8.60. The van der Waals surface area contributed by atoms with Crippen LogP contribution < -0.4 is 5.56 Å². The molecule has 0 spiro atoms. The third-order valence-corrected chi connectivity index (χ3v) is 6.53. The van der Waals surface area contributed by atoms with Crippen LogP contribution in [-0.4, -0.2) is 29.9 Å². The number of rotatable bonds is 4. The van der Waals surface area contributed by atoms with Crippen LogP contribution in [0.5, 0.6) is 0 Å². The number of hydrogen-bond donors (Lipinski definition) is 0. The highest BCUT2D eigenvalue weighted by atomic mass is 16.1. The second kappa shape index (κ2) is 7.85. The van der Waals surface area contributed by atoms with E-state index in [2.05, 4.69) is 26.9 Å². The Morgan fingerprint density at radius 3 is 2.61 bits per heavy atom. The number of aromatic nitrogens is 5. The van der Waals surface area contributed by atoms with Crippen molar-refractivity contribution in [2.45, 2.75) is 38.3 Å². The van der Waals surface area contributed by atoms with Crippen LogP contribution in [0.3, 0.4) is 0 Å². The fourth-order valence-electron chi connectivity index (χ4n) is 4.83. The van der Waals surface area contributed by atoms with E-state index in [4.69, 9.17) is 0 Å². The highest BCUT2D eigenvalue weighted by Crippen LogP contribution is 2.31. The number of Topliss-reactive ketones (excluding diaryl/α,β-unsaturated/α-hetero) is 1. The van der Waals surface area contributed by atoms with Gasteiger partial charge in [0.25, 0.3) is 5.56 Å². The summed E-state index contributed by atoms with van der Waals surface area (Å²) in [6.45, 7) is 0.614. The predicted octanol–water partition coefficient (Wildman–Crippen LogP) is 4.22. The van der Waals surface area contributed by atoms with Gasteiger partial charge in [-0.15, -0.1) is 0 Å². The van der Waals surface area contributed by atoms with E-state index in [1.165, 1.54) is 4.68 Å². The number of carbonyl (C=O) groups is 1. The summed E-state index contributed by atoms with van der Waals surface area (Å²) < 4.78 is 5.35. The molecule has 1 atom stereocenters. The second-order valence-corrected chi connectivity index (χ2v) is 8.63. The Kier molecular flexibility index (Phi) is 4.68.